The molecule has 1 heterocycles. The van der Waals surface area contributed by atoms with E-state index in [0.29, 0.717) is 6.54 Å². The topological polar surface area (TPSA) is 58.2 Å². The molecule has 3 atom stereocenters. The lowest BCUT2D eigenvalue weighted by molar-refractivity contribution is -0.126. The molecule has 2 N–H and O–H groups in total. The van der Waals surface area contributed by atoms with Gasteiger partial charge in [0, 0.05) is 28.9 Å². The Bertz CT molecular complexity index is 262. The third-order valence-electron chi connectivity index (χ3n) is 2.99. The molecule has 15 heavy (non-hydrogen) atoms. The van der Waals surface area contributed by atoms with E-state index >= 15 is 0 Å². The normalized spacial score (nSPS) is 29.8. The number of carbonyl (C=O) groups excluding carboxylic acids is 1. The Balaban J connectivity index is 2.39. The minimum atomic E-state index is -0.877. The molecule has 1 saturated heterocycles. The largest absolute Gasteiger partial charge is 0.353 e. The van der Waals surface area contributed by atoms with Gasteiger partial charge in [-0.2, -0.15) is 0 Å². The van der Waals surface area contributed by atoms with E-state index in [1.54, 1.807) is 6.26 Å². The van der Waals surface area contributed by atoms with E-state index in [-0.39, 0.29) is 11.2 Å². The maximum Gasteiger partial charge on any atom is 0.240 e. The molecule has 88 valence electrons. The van der Waals surface area contributed by atoms with Crippen LogP contribution in [0.5, 0.6) is 0 Å². The van der Waals surface area contributed by atoms with Crippen LogP contribution in [-0.2, 0) is 15.6 Å². The fourth-order valence-electron chi connectivity index (χ4n) is 1.64. The molecule has 4 nitrogen and oxygen atoms in total. The second-order valence-corrected chi connectivity index (χ2v) is 6.18. The lowest BCUT2D eigenvalue weighted by atomic mass is 9.99. The summed E-state index contributed by atoms with van der Waals surface area (Å²) in [5, 5.41) is 6.06. The van der Waals surface area contributed by atoms with Crippen molar-refractivity contribution in [1.82, 2.24) is 10.6 Å². The molecule has 0 saturated carbocycles. The first-order valence-corrected chi connectivity index (χ1v) is 6.93. The number of rotatable bonds is 4. The molecule has 1 fully saturated rings. The van der Waals surface area contributed by atoms with Crippen LogP contribution in [0.2, 0.25) is 0 Å². The smallest absolute Gasteiger partial charge is 0.240 e. The van der Waals surface area contributed by atoms with Gasteiger partial charge in [0.15, 0.2) is 0 Å². The van der Waals surface area contributed by atoms with Crippen LogP contribution in [0.3, 0.4) is 0 Å². The molecule has 0 aromatic rings. The predicted octanol–water partition coefficient (Wildman–Crippen LogP) is 0.0117. The molecule has 0 bridgehead atoms. The van der Waals surface area contributed by atoms with Crippen molar-refractivity contribution in [2.75, 3.05) is 19.3 Å². The lowest BCUT2D eigenvalue weighted by Crippen LogP contribution is -2.52. The summed E-state index contributed by atoms with van der Waals surface area (Å²) in [6.45, 7) is 5.18. The van der Waals surface area contributed by atoms with E-state index in [1.165, 1.54) is 0 Å². The van der Waals surface area contributed by atoms with E-state index in [1.807, 2.05) is 13.8 Å². The first-order chi connectivity index (χ1) is 6.96. The van der Waals surface area contributed by atoms with E-state index in [0.717, 1.165) is 19.4 Å². The van der Waals surface area contributed by atoms with Crippen LogP contribution < -0.4 is 10.6 Å². The SMILES string of the molecule is CC(CNC(=O)C1(C)CCCN1)S(C)=O. The van der Waals surface area contributed by atoms with Crippen LogP contribution in [-0.4, -0.2) is 40.3 Å². The first kappa shape index (κ1) is 12.6. The van der Waals surface area contributed by atoms with E-state index in [9.17, 15) is 9.00 Å². The Kier molecular flexibility index (Phi) is 4.28. The predicted molar refractivity (Wildman–Crippen MR) is 62.2 cm³/mol. The Hall–Kier alpha value is -0.420. The summed E-state index contributed by atoms with van der Waals surface area (Å²) in [4.78, 5) is 11.8. The van der Waals surface area contributed by atoms with Crippen LogP contribution in [0.15, 0.2) is 0 Å². The van der Waals surface area contributed by atoms with Crippen LogP contribution in [0.25, 0.3) is 0 Å². The number of carbonyl (C=O) groups is 1. The van der Waals surface area contributed by atoms with Crippen LogP contribution in [0.1, 0.15) is 26.7 Å². The highest BCUT2D eigenvalue weighted by molar-refractivity contribution is 7.84. The summed E-state index contributed by atoms with van der Waals surface area (Å²) < 4.78 is 11.1. The van der Waals surface area contributed by atoms with Crippen molar-refractivity contribution in [3.63, 3.8) is 0 Å². The van der Waals surface area contributed by atoms with Gasteiger partial charge in [-0.1, -0.05) is 0 Å². The molecule has 0 aliphatic carbocycles. The molecule has 0 radical (unpaired) electrons. The first-order valence-electron chi connectivity index (χ1n) is 5.31. The Morgan fingerprint density at radius 2 is 2.33 bits per heavy atom. The van der Waals surface area contributed by atoms with Gasteiger partial charge in [0.05, 0.1) is 5.54 Å². The van der Waals surface area contributed by atoms with Gasteiger partial charge in [0.2, 0.25) is 5.91 Å². The van der Waals surface area contributed by atoms with Crippen LogP contribution >= 0.6 is 0 Å². The van der Waals surface area contributed by atoms with Crippen molar-refractivity contribution in [1.29, 1.82) is 0 Å². The average Bonchev–Trinajstić information content (AvgIpc) is 2.62. The highest BCUT2D eigenvalue weighted by Crippen LogP contribution is 2.18. The molecule has 0 aromatic carbocycles. The zero-order valence-corrected chi connectivity index (χ0v) is 10.4. The van der Waals surface area contributed by atoms with Crippen LogP contribution in [0.4, 0.5) is 0 Å². The average molecular weight is 232 g/mol. The van der Waals surface area contributed by atoms with E-state index in [2.05, 4.69) is 10.6 Å². The van der Waals surface area contributed by atoms with Gasteiger partial charge >= 0.3 is 0 Å². The fourth-order valence-corrected chi connectivity index (χ4v) is 1.96. The third kappa shape index (κ3) is 3.28. The summed E-state index contributed by atoms with van der Waals surface area (Å²) in [7, 11) is -0.877. The molecule has 1 aliphatic heterocycles. The zero-order valence-electron chi connectivity index (χ0n) is 9.63. The zero-order chi connectivity index (χ0) is 11.5. The molecule has 3 unspecified atom stereocenters. The van der Waals surface area contributed by atoms with Gasteiger partial charge in [-0.3, -0.25) is 9.00 Å². The molecule has 0 spiro atoms. The highest BCUT2D eigenvalue weighted by atomic mass is 32.2. The van der Waals surface area contributed by atoms with Crippen LogP contribution in [0, 0.1) is 0 Å². The monoisotopic (exact) mass is 232 g/mol. The van der Waals surface area contributed by atoms with Crippen molar-refractivity contribution < 1.29 is 9.00 Å². The fraction of sp³-hybridized carbons (Fsp3) is 0.900. The minimum Gasteiger partial charge on any atom is -0.353 e. The van der Waals surface area contributed by atoms with Crippen molar-refractivity contribution in [3.05, 3.63) is 0 Å². The van der Waals surface area contributed by atoms with E-state index in [4.69, 9.17) is 0 Å². The summed E-state index contributed by atoms with van der Waals surface area (Å²) in [6.07, 6.45) is 3.58. The number of amides is 1. The summed E-state index contributed by atoms with van der Waals surface area (Å²) in [5.74, 6) is 0.0253. The Morgan fingerprint density at radius 3 is 2.80 bits per heavy atom. The third-order valence-corrected chi connectivity index (χ3v) is 4.29. The maximum absolute atomic E-state index is 11.8. The lowest BCUT2D eigenvalue weighted by Gasteiger charge is -2.23. The maximum atomic E-state index is 11.8. The van der Waals surface area contributed by atoms with Crippen molar-refractivity contribution in [2.24, 2.45) is 0 Å². The molecule has 5 heteroatoms. The van der Waals surface area contributed by atoms with Gasteiger partial charge < -0.3 is 10.6 Å². The molecule has 1 rings (SSSR count). The summed E-state index contributed by atoms with van der Waals surface area (Å²) in [5.41, 5.74) is -0.422. The Morgan fingerprint density at radius 1 is 1.67 bits per heavy atom. The van der Waals surface area contributed by atoms with Gasteiger partial charge in [-0.05, 0) is 33.2 Å². The molecule has 1 amide bonds. The van der Waals surface area contributed by atoms with Gasteiger partial charge in [-0.15, -0.1) is 0 Å². The quantitative estimate of drug-likeness (QED) is 0.718. The highest BCUT2D eigenvalue weighted by Gasteiger charge is 2.35. The number of hydrogen-bond acceptors (Lipinski definition) is 3. The standard InChI is InChI=1S/C10H20N2O2S/c1-8(15(3)14)7-11-9(13)10(2)5-4-6-12-10/h8,12H,4-7H2,1-3H3,(H,11,13). The summed E-state index contributed by atoms with van der Waals surface area (Å²) >= 11 is 0. The molecule has 0 aromatic heterocycles. The summed E-state index contributed by atoms with van der Waals surface area (Å²) in [6, 6.07) is 0. The van der Waals surface area contributed by atoms with Gasteiger partial charge in [-0.25, -0.2) is 0 Å². The van der Waals surface area contributed by atoms with E-state index < -0.39 is 16.3 Å². The molecular formula is C10H20N2O2S. The van der Waals surface area contributed by atoms with Crippen molar-refractivity contribution >= 4 is 16.7 Å². The number of nitrogens with one attached hydrogen (secondary N) is 2. The van der Waals surface area contributed by atoms with Crippen molar-refractivity contribution in [2.45, 2.75) is 37.5 Å². The van der Waals surface area contributed by atoms with Gasteiger partial charge in [0.1, 0.15) is 0 Å². The minimum absolute atomic E-state index is 0.0129. The second-order valence-electron chi connectivity index (χ2n) is 4.38. The Labute approximate surface area is 93.7 Å². The van der Waals surface area contributed by atoms with Crippen molar-refractivity contribution in [3.8, 4) is 0 Å². The molecular weight excluding hydrogens is 212 g/mol. The second kappa shape index (κ2) is 5.07. The molecule has 1 aliphatic rings. The van der Waals surface area contributed by atoms with Gasteiger partial charge in [0.25, 0.3) is 0 Å². The number of hydrogen-bond donors (Lipinski definition) is 2.